The number of nitrogens with zero attached hydrogens (tertiary/aromatic N) is 2. The maximum Gasteiger partial charge on any atom is 2.00 e. The zero-order valence-corrected chi connectivity index (χ0v) is 18.4. The van der Waals surface area contributed by atoms with Crippen LogP contribution in [0, 0.1) is 6.65 Å². The number of rotatable bonds is 2. The summed E-state index contributed by atoms with van der Waals surface area (Å²) < 4.78 is 7.50. The Hall–Kier alpha value is -1.04. The molecule has 3 nitrogen and oxygen atoms in total. The van der Waals surface area contributed by atoms with E-state index in [1.807, 2.05) is 30.5 Å². The second kappa shape index (κ2) is 10.2. The fourth-order valence-corrected chi connectivity index (χ4v) is 5.90. The van der Waals surface area contributed by atoms with Gasteiger partial charge in [-0.2, -0.15) is 0 Å². The van der Waals surface area contributed by atoms with Crippen molar-refractivity contribution in [1.82, 2.24) is 4.98 Å². The first-order valence-corrected chi connectivity index (χ1v) is 9.32. The van der Waals surface area contributed by atoms with Gasteiger partial charge in [-0.3, -0.25) is 4.98 Å². The fraction of sp³-hybridized carbons (Fsp3) is 0.400. The molecule has 25 heavy (non-hydrogen) atoms. The van der Waals surface area contributed by atoms with Crippen LogP contribution in [0.5, 0.6) is 0 Å². The van der Waals surface area contributed by atoms with Gasteiger partial charge in [0, 0.05) is 11.9 Å². The van der Waals surface area contributed by atoms with Crippen molar-refractivity contribution < 1.29 is 25.6 Å². The first-order valence-electron chi connectivity index (χ1n) is 7.91. The van der Waals surface area contributed by atoms with E-state index in [0.717, 1.165) is 17.1 Å². The Bertz CT molecular complexity index is 642. The van der Waals surface area contributed by atoms with Crippen LogP contribution in [0.1, 0.15) is 48.7 Å². The molecule has 2 rings (SSSR count). The first-order chi connectivity index (χ1) is 11.2. The van der Waals surface area contributed by atoms with Gasteiger partial charge in [-0.15, -0.1) is 11.4 Å². The molecular formula is C20H27N2OPRu. The minimum Gasteiger partial charge on any atom is -1.00 e. The summed E-state index contributed by atoms with van der Waals surface area (Å²) in [4.78, 5) is 4.40. The summed E-state index contributed by atoms with van der Waals surface area (Å²) in [5.41, 5.74) is 2.92. The van der Waals surface area contributed by atoms with Crippen molar-refractivity contribution in [3.63, 3.8) is 0 Å². The summed E-state index contributed by atoms with van der Waals surface area (Å²) in [5.74, 6) is 2.38. The molecule has 0 bridgehead atoms. The summed E-state index contributed by atoms with van der Waals surface area (Å²) in [5, 5.41) is 5.33. The molecule has 2 heterocycles. The second-order valence-electron chi connectivity index (χ2n) is 7.50. The van der Waals surface area contributed by atoms with Gasteiger partial charge in [-0.1, -0.05) is 79.6 Å². The maximum absolute atomic E-state index is 7.50. The van der Waals surface area contributed by atoms with E-state index in [0.29, 0.717) is 0 Å². The Morgan fingerprint density at radius 1 is 1.12 bits per heavy atom. The maximum atomic E-state index is 7.50. The Kier molecular flexibility index (Phi) is 9.77. The number of allylic oxidation sites excluding steroid dienone is 3. The van der Waals surface area contributed by atoms with E-state index in [1.165, 1.54) is 0 Å². The molecule has 0 unspecified atom stereocenters. The number of hydrogen-bond donors (Lipinski definition) is 0. The molecule has 1 aromatic rings. The molecule has 0 amide bonds. The quantitative estimate of drug-likeness (QED) is 0.227. The predicted octanol–water partition coefficient (Wildman–Crippen LogP) is 6.36. The van der Waals surface area contributed by atoms with Gasteiger partial charge in [-0.25, -0.2) is 0 Å². The van der Waals surface area contributed by atoms with Gasteiger partial charge < -0.3 is 6.74 Å². The first kappa shape index (κ1) is 24.0. The summed E-state index contributed by atoms with van der Waals surface area (Å²) in [6, 6.07) is 5.93. The molecule has 136 valence electrons. The zero-order valence-electron chi connectivity index (χ0n) is 16.7. The monoisotopic (exact) mass is 444 g/mol. The number of hydrogen-bond acceptors (Lipinski definition) is 1. The molecule has 0 spiro atoms. The van der Waals surface area contributed by atoms with E-state index < -0.39 is 0 Å². The van der Waals surface area contributed by atoms with Crippen molar-refractivity contribution in [2.75, 3.05) is 0 Å². The number of aromatic nitrogens is 1. The van der Waals surface area contributed by atoms with E-state index >= 15 is 0 Å². The third-order valence-corrected chi connectivity index (χ3v) is 6.82. The van der Waals surface area contributed by atoms with Crippen molar-refractivity contribution in [1.29, 1.82) is 0 Å². The molecule has 0 saturated heterocycles. The van der Waals surface area contributed by atoms with Crippen LogP contribution >= 0.6 is 7.92 Å². The summed E-state index contributed by atoms with van der Waals surface area (Å²) >= 11 is 0. The smallest absolute Gasteiger partial charge is 1.00 e. The normalized spacial score (nSPS) is 15.6. The average molecular weight is 443 g/mol. The molecule has 5 heteroatoms. The molecule has 0 saturated carbocycles. The van der Waals surface area contributed by atoms with Gasteiger partial charge in [-0.05, 0) is 22.4 Å². The number of pyridine rings is 1. The zero-order chi connectivity index (χ0) is 18.4. The minimum atomic E-state index is -0.308. The van der Waals surface area contributed by atoms with Gasteiger partial charge in [0.25, 0.3) is 0 Å². The van der Waals surface area contributed by atoms with Crippen LogP contribution in [0.3, 0.4) is 0 Å². The van der Waals surface area contributed by atoms with Crippen molar-refractivity contribution >= 4 is 13.6 Å². The van der Waals surface area contributed by atoms with E-state index in [2.05, 4.69) is 71.1 Å². The fourth-order valence-electron chi connectivity index (χ4n) is 2.71. The van der Waals surface area contributed by atoms with Gasteiger partial charge in [0.15, 0.2) is 0 Å². The molecule has 1 aliphatic rings. The largest absolute Gasteiger partial charge is 2.00 e. The minimum absolute atomic E-state index is 0. The Morgan fingerprint density at radius 3 is 2.20 bits per heavy atom. The Morgan fingerprint density at radius 2 is 1.72 bits per heavy atom. The molecule has 0 aliphatic carbocycles. The van der Waals surface area contributed by atoms with Crippen molar-refractivity contribution in [3.05, 3.63) is 71.8 Å². The third kappa shape index (κ3) is 7.39. The van der Waals surface area contributed by atoms with Crippen LogP contribution in [0.4, 0.5) is 0 Å². The topological polar surface area (TPSA) is 46.9 Å². The summed E-state index contributed by atoms with van der Waals surface area (Å²) in [6.07, 6.45) is 8.00. The van der Waals surface area contributed by atoms with Crippen LogP contribution in [0.25, 0.3) is 11.0 Å². The van der Waals surface area contributed by atoms with Crippen molar-refractivity contribution in [2.24, 2.45) is 0 Å². The van der Waals surface area contributed by atoms with Crippen molar-refractivity contribution in [2.45, 2.75) is 51.9 Å². The van der Waals surface area contributed by atoms with Gasteiger partial charge in [0.1, 0.15) is 0 Å². The predicted molar refractivity (Wildman–Crippen MR) is 104 cm³/mol. The molecule has 0 radical (unpaired) electrons. The average Bonchev–Trinajstić information content (AvgIpc) is 2.53. The standard InChI is InChI=1S/C19H26N2P.CO.Ru.H/c1-18(2,3)22(19(4,5)6)14-15-10-9-12-17(21-15)16-11-7-8-13-20-16;1-2;;/h7-14H,1-6H3;;;/q-1;;+2;-1/b15-14-;;;. The molecular weight excluding hydrogens is 416 g/mol. The molecule has 0 N–H and O–H groups in total. The van der Waals surface area contributed by atoms with Crippen LogP contribution in [-0.2, 0) is 24.1 Å². The molecule has 0 atom stereocenters. The molecule has 1 aliphatic heterocycles. The molecule has 0 aromatic carbocycles. The van der Waals surface area contributed by atoms with E-state index in [-0.39, 0.29) is 39.1 Å². The van der Waals surface area contributed by atoms with Gasteiger partial charge in [0.05, 0.1) is 0 Å². The SMILES string of the molecule is CC(C)(C)P(/C=C1/C=CC=C(c2ccccn2)[N-]1)C(C)(C)C.[C-]#[O+].[H-].[Ru+2]. The van der Waals surface area contributed by atoms with Gasteiger partial charge in [0.2, 0.25) is 0 Å². The second-order valence-corrected chi connectivity index (χ2v) is 11.2. The van der Waals surface area contributed by atoms with E-state index in [4.69, 9.17) is 9.97 Å². The van der Waals surface area contributed by atoms with Crippen LogP contribution in [-0.4, -0.2) is 15.3 Å². The molecule has 0 fully saturated rings. The summed E-state index contributed by atoms with van der Waals surface area (Å²) in [6.45, 7) is 18.4. The van der Waals surface area contributed by atoms with E-state index in [1.54, 1.807) is 0 Å². The van der Waals surface area contributed by atoms with Crippen LogP contribution in [0.15, 0.2) is 54.1 Å². The Balaban J connectivity index is 0. The summed E-state index contributed by atoms with van der Waals surface area (Å²) in [7, 11) is -0.308. The van der Waals surface area contributed by atoms with Crippen molar-refractivity contribution in [3.8, 4) is 0 Å². The Labute approximate surface area is 167 Å². The van der Waals surface area contributed by atoms with Crippen LogP contribution < -0.4 is 0 Å². The third-order valence-electron chi connectivity index (χ3n) is 3.40. The van der Waals surface area contributed by atoms with Crippen LogP contribution in [0.2, 0.25) is 0 Å². The van der Waals surface area contributed by atoms with Gasteiger partial charge >= 0.3 is 30.8 Å². The molecule has 1 aromatic heterocycles. The van der Waals surface area contributed by atoms with E-state index in [9.17, 15) is 0 Å².